The Hall–Kier alpha value is -3.55. The number of rotatable bonds is 4. The van der Waals surface area contributed by atoms with Crippen LogP contribution in [0.2, 0.25) is 0 Å². The van der Waals surface area contributed by atoms with Gasteiger partial charge >= 0.3 is 14.2 Å². The molecule has 32 heavy (non-hydrogen) atoms. The van der Waals surface area contributed by atoms with Crippen molar-refractivity contribution < 1.29 is 20.1 Å². The lowest BCUT2D eigenvalue weighted by Crippen LogP contribution is -2.29. The molecule has 4 N–H and O–H groups in total. The highest BCUT2D eigenvalue weighted by Crippen LogP contribution is 2.34. The molecule has 0 amide bonds. The Balaban J connectivity index is 1.66. The summed E-state index contributed by atoms with van der Waals surface area (Å²) in [5.41, 5.74) is 6.25. The number of benzene rings is 3. The van der Waals surface area contributed by atoms with Gasteiger partial charge in [0, 0.05) is 23.2 Å². The van der Waals surface area contributed by atoms with Crippen LogP contribution in [0.15, 0.2) is 85.2 Å². The van der Waals surface area contributed by atoms with Crippen molar-refractivity contribution in [3.05, 3.63) is 85.2 Å². The smallest absolute Gasteiger partial charge is 0.423 e. The monoisotopic (exact) mass is 420 g/mol. The molecule has 0 unspecified atom stereocenters. The molecule has 0 atom stereocenters. The summed E-state index contributed by atoms with van der Waals surface area (Å²) in [6.07, 6.45) is 3.50. The predicted octanol–water partition coefficient (Wildman–Crippen LogP) is 1.48. The van der Waals surface area contributed by atoms with Crippen molar-refractivity contribution in [1.29, 1.82) is 0 Å². The fourth-order valence-electron chi connectivity index (χ4n) is 4.00. The van der Waals surface area contributed by atoms with Crippen molar-refractivity contribution in [1.82, 2.24) is 9.97 Å². The molecule has 2 aromatic heterocycles. The predicted molar refractivity (Wildman–Crippen MR) is 128 cm³/mol. The minimum atomic E-state index is -1.50. The third-order valence-corrected chi connectivity index (χ3v) is 5.66. The minimum absolute atomic E-state index is 0.434. The van der Waals surface area contributed by atoms with Gasteiger partial charge in [-0.3, -0.25) is 9.97 Å². The summed E-state index contributed by atoms with van der Waals surface area (Å²) in [7, 11) is -3.00. The van der Waals surface area contributed by atoms with E-state index in [2.05, 4.69) is 9.97 Å². The molecule has 3 aromatic carbocycles. The van der Waals surface area contributed by atoms with E-state index < -0.39 is 14.2 Å². The van der Waals surface area contributed by atoms with Crippen molar-refractivity contribution in [2.45, 2.75) is 0 Å². The Kier molecular flexibility index (Phi) is 5.20. The van der Waals surface area contributed by atoms with Gasteiger partial charge in [-0.05, 0) is 45.3 Å². The Morgan fingerprint density at radius 2 is 0.844 bits per heavy atom. The van der Waals surface area contributed by atoms with Crippen LogP contribution in [0.3, 0.4) is 0 Å². The van der Waals surface area contributed by atoms with Gasteiger partial charge in [-0.1, -0.05) is 60.7 Å². The van der Waals surface area contributed by atoms with Crippen LogP contribution in [0.25, 0.3) is 44.1 Å². The second-order valence-electron chi connectivity index (χ2n) is 7.57. The van der Waals surface area contributed by atoms with Crippen LogP contribution in [0, 0.1) is 0 Å². The molecule has 0 fully saturated rings. The van der Waals surface area contributed by atoms with E-state index in [-0.39, 0.29) is 0 Å². The molecule has 0 aliphatic heterocycles. The summed E-state index contributed by atoms with van der Waals surface area (Å²) in [4.78, 5) is 9.21. The molecule has 0 radical (unpaired) electrons. The second-order valence-corrected chi connectivity index (χ2v) is 7.57. The highest BCUT2D eigenvalue weighted by Gasteiger charge is 2.15. The Morgan fingerprint density at radius 3 is 1.19 bits per heavy atom. The summed E-state index contributed by atoms with van der Waals surface area (Å²) < 4.78 is 0. The van der Waals surface area contributed by atoms with Crippen LogP contribution in [0.4, 0.5) is 0 Å². The van der Waals surface area contributed by atoms with E-state index in [1.807, 2.05) is 48.5 Å². The van der Waals surface area contributed by atoms with Gasteiger partial charge in [-0.15, -0.1) is 0 Å². The molecule has 0 saturated carbocycles. The molecule has 5 aromatic rings. The molecule has 5 rings (SSSR count). The second kappa shape index (κ2) is 8.18. The van der Waals surface area contributed by atoms with E-state index >= 15 is 0 Å². The molecule has 0 aliphatic rings. The van der Waals surface area contributed by atoms with E-state index in [0.717, 1.165) is 44.1 Å². The average Bonchev–Trinajstić information content (AvgIpc) is 2.83. The molecule has 0 spiro atoms. The summed E-state index contributed by atoms with van der Waals surface area (Å²) in [6, 6.07) is 22.1. The highest BCUT2D eigenvalue weighted by molar-refractivity contribution is 6.59. The molecule has 6 nitrogen and oxygen atoms in total. The van der Waals surface area contributed by atoms with Crippen molar-refractivity contribution in [3.63, 3.8) is 0 Å². The zero-order valence-electron chi connectivity index (χ0n) is 16.9. The molecule has 2 heterocycles. The van der Waals surface area contributed by atoms with Crippen molar-refractivity contribution in [3.8, 4) is 22.3 Å². The molecule has 8 heteroatoms. The number of aromatic nitrogens is 2. The molecule has 154 valence electrons. The fraction of sp³-hybridized carbons (Fsp3) is 0. The maximum Gasteiger partial charge on any atom is 0.488 e. The first-order valence-electron chi connectivity index (χ1n) is 10.1. The lowest BCUT2D eigenvalue weighted by Gasteiger charge is -2.12. The van der Waals surface area contributed by atoms with E-state index in [1.165, 1.54) is 0 Å². The quantitative estimate of drug-likeness (QED) is 0.259. The van der Waals surface area contributed by atoms with Crippen LogP contribution in [-0.2, 0) is 0 Å². The summed E-state index contributed by atoms with van der Waals surface area (Å²) >= 11 is 0. The lowest BCUT2D eigenvalue weighted by molar-refractivity contribution is 0.424. The number of pyridine rings is 2. The van der Waals surface area contributed by atoms with Gasteiger partial charge in [-0.2, -0.15) is 0 Å². The number of fused-ring (bicyclic) bond motifs is 3. The molecular weight excluding hydrogens is 402 g/mol. The normalized spacial score (nSPS) is 11.1. The third kappa shape index (κ3) is 3.55. The van der Waals surface area contributed by atoms with Gasteiger partial charge < -0.3 is 20.1 Å². The topological polar surface area (TPSA) is 107 Å². The number of nitrogens with zero attached hydrogens (tertiary/aromatic N) is 2. The summed E-state index contributed by atoms with van der Waals surface area (Å²) in [5, 5.41) is 39.3. The van der Waals surface area contributed by atoms with Crippen LogP contribution in [-0.4, -0.2) is 44.3 Å². The van der Waals surface area contributed by atoms with E-state index in [9.17, 15) is 20.1 Å². The first-order chi connectivity index (χ1) is 15.5. The number of hydrogen-bond donors (Lipinski definition) is 4. The standard InChI is InChI=1S/C24H18B2N2O4/c29-25(30)17-5-1-15(2-6-17)19-11-13-27-23-21(19)9-10-22-20(12-14-28-24(22)23)16-3-7-18(8-4-16)26(31)32/h1-14,29-32H. The van der Waals surface area contributed by atoms with Crippen LogP contribution in [0.1, 0.15) is 0 Å². The summed E-state index contributed by atoms with van der Waals surface area (Å²) in [6.45, 7) is 0. The van der Waals surface area contributed by atoms with E-state index in [0.29, 0.717) is 10.9 Å². The van der Waals surface area contributed by atoms with Gasteiger partial charge in [0.2, 0.25) is 0 Å². The molecule has 0 saturated heterocycles. The third-order valence-electron chi connectivity index (χ3n) is 5.66. The van der Waals surface area contributed by atoms with Gasteiger partial charge in [0.05, 0.1) is 11.0 Å². The minimum Gasteiger partial charge on any atom is -0.423 e. The Bertz CT molecular complexity index is 1310. The molecule has 0 bridgehead atoms. The largest absolute Gasteiger partial charge is 0.488 e. The lowest BCUT2D eigenvalue weighted by atomic mass is 9.79. The maximum absolute atomic E-state index is 9.35. The van der Waals surface area contributed by atoms with Crippen molar-refractivity contribution in [2.24, 2.45) is 0 Å². The van der Waals surface area contributed by atoms with Gasteiger partial charge in [-0.25, -0.2) is 0 Å². The first-order valence-corrected chi connectivity index (χ1v) is 10.1. The Labute approximate surface area is 184 Å². The molecular formula is C24H18B2N2O4. The average molecular weight is 420 g/mol. The zero-order valence-corrected chi connectivity index (χ0v) is 16.9. The highest BCUT2D eigenvalue weighted by atomic mass is 16.4. The SMILES string of the molecule is OB(O)c1ccc(-c2ccnc3c2ccc2c(-c4ccc(B(O)O)cc4)ccnc23)cc1. The van der Waals surface area contributed by atoms with Crippen LogP contribution >= 0.6 is 0 Å². The van der Waals surface area contributed by atoms with Crippen LogP contribution in [0.5, 0.6) is 0 Å². The molecule has 0 aliphatic carbocycles. The van der Waals surface area contributed by atoms with Crippen molar-refractivity contribution in [2.75, 3.05) is 0 Å². The first kappa shape index (κ1) is 20.4. The Morgan fingerprint density at radius 1 is 0.469 bits per heavy atom. The summed E-state index contributed by atoms with van der Waals surface area (Å²) in [5.74, 6) is 0. The van der Waals surface area contributed by atoms with E-state index in [4.69, 9.17) is 0 Å². The van der Waals surface area contributed by atoms with Gasteiger partial charge in [0.1, 0.15) is 0 Å². The van der Waals surface area contributed by atoms with Crippen molar-refractivity contribution >= 4 is 47.0 Å². The van der Waals surface area contributed by atoms with Crippen LogP contribution < -0.4 is 10.9 Å². The van der Waals surface area contributed by atoms with Gasteiger partial charge in [0.25, 0.3) is 0 Å². The fourth-order valence-corrected chi connectivity index (χ4v) is 4.00. The van der Waals surface area contributed by atoms with E-state index in [1.54, 1.807) is 36.7 Å². The zero-order chi connectivity index (χ0) is 22.2. The van der Waals surface area contributed by atoms with Gasteiger partial charge in [0.15, 0.2) is 0 Å². The maximum atomic E-state index is 9.35. The number of hydrogen-bond acceptors (Lipinski definition) is 6.